The van der Waals surface area contributed by atoms with Crippen LogP contribution >= 0.6 is 0 Å². The number of halogens is 6. The first-order valence-corrected chi connectivity index (χ1v) is 10.9. The smallest absolute Gasteiger partial charge is 0.417 e. The number of hydrogen-bond acceptors (Lipinski definition) is 4. The molecule has 0 saturated carbocycles. The Hall–Kier alpha value is -2.65. The molecule has 33 heavy (non-hydrogen) atoms. The number of fused-ring (bicyclic) bond motifs is 2. The molecule has 1 aromatic carbocycles. The maximum Gasteiger partial charge on any atom is 0.417 e. The van der Waals surface area contributed by atoms with E-state index in [1.807, 2.05) is 6.92 Å². The molecule has 0 aliphatic carbocycles. The van der Waals surface area contributed by atoms with Crippen LogP contribution in [0.5, 0.6) is 11.6 Å². The van der Waals surface area contributed by atoms with Gasteiger partial charge in [-0.15, -0.1) is 0 Å². The average molecular weight is 474 g/mol. The summed E-state index contributed by atoms with van der Waals surface area (Å²) in [7, 11) is 0. The second-order valence-corrected chi connectivity index (χ2v) is 8.42. The molecule has 4 nitrogen and oxygen atoms in total. The van der Waals surface area contributed by atoms with Crippen LogP contribution in [0.3, 0.4) is 0 Å². The summed E-state index contributed by atoms with van der Waals surface area (Å²) in [5, 5.41) is 0. The summed E-state index contributed by atoms with van der Waals surface area (Å²) in [4.78, 5) is 5.90. The monoisotopic (exact) mass is 474 g/mol. The van der Waals surface area contributed by atoms with Gasteiger partial charge in [0.25, 0.3) is 0 Å². The lowest BCUT2D eigenvalue weighted by molar-refractivity contribution is -0.138. The minimum atomic E-state index is -4.46. The highest BCUT2D eigenvalue weighted by molar-refractivity contribution is 5.62. The molecule has 0 N–H and O–H groups in total. The normalized spacial score (nSPS) is 23.0. The number of benzene rings is 1. The molecular formula is C23H24F6N2O2. The van der Waals surface area contributed by atoms with Crippen LogP contribution in [-0.4, -0.2) is 29.8 Å². The molecule has 3 atom stereocenters. The predicted octanol–water partition coefficient (Wildman–Crippen LogP) is 6.49. The van der Waals surface area contributed by atoms with Crippen molar-refractivity contribution in [2.75, 3.05) is 11.5 Å². The van der Waals surface area contributed by atoms with Gasteiger partial charge in [-0.3, -0.25) is 0 Å². The summed E-state index contributed by atoms with van der Waals surface area (Å²) < 4.78 is 89.4. The van der Waals surface area contributed by atoms with Gasteiger partial charge in [0.15, 0.2) is 0 Å². The van der Waals surface area contributed by atoms with Crippen molar-refractivity contribution < 1.29 is 35.8 Å². The zero-order valence-electron chi connectivity index (χ0n) is 17.9. The van der Waals surface area contributed by atoms with Gasteiger partial charge in [0.1, 0.15) is 11.9 Å². The Morgan fingerprint density at radius 2 is 1.58 bits per heavy atom. The second-order valence-electron chi connectivity index (χ2n) is 8.42. The van der Waals surface area contributed by atoms with Crippen molar-refractivity contribution in [2.45, 2.75) is 69.6 Å². The highest BCUT2D eigenvalue weighted by atomic mass is 19.4. The van der Waals surface area contributed by atoms with E-state index in [-0.39, 0.29) is 29.8 Å². The molecule has 2 bridgehead atoms. The van der Waals surface area contributed by atoms with Crippen LogP contribution in [0.1, 0.15) is 50.2 Å². The Morgan fingerprint density at radius 1 is 0.939 bits per heavy atom. The minimum absolute atomic E-state index is 0.0314. The van der Waals surface area contributed by atoms with Crippen molar-refractivity contribution in [2.24, 2.45) is 0 Å². The van der Waals surface area contributed by atoms with Crippen molar-refractivity contribution in [3.63, 3.8) is 0 Å². The Balaban J connectivity index is 1.50. The summed E-state index contributed by atoms with van der Waals surface area (Å²) in [6.07, 6.45) is -4.87. The lowest BCUT2D eigenvalue weighted by Gasteiger charge is -2.41. The zero-order chi connectivity index (χ0) is 23.8. The van der Waals surface area contributed by atoms with Gasteiger partial charge in [-0.1, -0.05) is 6.92 Å². The molecular weight excluding hydrogens is 450 g/mol. The molecule has 0 amide bonds. The van der Waals surface area contributed by atoms with Crippen molar-refractivity contribution in [1.82, 2.24) is 4.98 Å². The first kappa shape index (κ1) is 23.5. The number of piperidine rings is 1. The van der Waals surface area contributed by atoms with Crippen molar-refractivity contribution in [3.05, 3.63) is 47.7 Å². The second kappa shape index (κ2) is 8.95. The Morgan fingerprint density at radius 3 is 2.12 bits per heavy atom. The third-order valence-electron chi connectivity index (χ3n) is 6.07. The maximum absolute atomic E-state index is 13.2. The van der Waals surface area contributed by atoms with Gasteiger partial charge in [-0.05, 0) is 43.5 Å². The fourth-order valence-corrected chi connectivity index (χ4v) is 4.64. The van der Waals surface area contributed by atoms with Gasteiger partial charge < -0.3 is 14.4 Å². The average Bonchev–Trinajstić information content (AvgIpc) is 3.01. The summed E-state index contributed by atoms with van der Waals surface area (Å²) in [6.45, 7) is 2.19. The van der Waals surface area contributed by atoms with E-state index in [4.69, 9.17) is 9.47 Å². The molecule has 4 rings (SSSR count). The number of ether oxygens (including phenoxy) is 2. The topological polar surface area (TPSA) is 34.6 Å². The number of aromatic nitrogens is 1. The molecule has 10 heteroatoms. The molecule has 2 aromatic rings. The Bertz CT molecular complexity index is 947. The van der Waals surface area contributed by atoms with Crippen LogP contribution < -0.4 is 14.4 Å². The molecule has 1 aromatic heterocycles. The number of pyridine rings is 1. The lowest BCUT2D eigenvalue weighted by Crippen LogP contribution is -2.46. The fraction of sp³-hybridized carbons (Fsp3) is 0.522. The zero-order valence-corrected chi connectivity index (χ0v) is 17.9. The van der Waals surface area contributed by atoms with E-state index < -0.39 is 23.5 Å². The Kier molecular flexibility index (Phi) is 6.37. The van der Waals surface area contributed by atoms with Crippen LogP contribution in [0.15, 0.2) is 36.5 Å². The minimum Gasteiger partial charge on any atom is -0.491 e. The van der Waals surface area contributed by atoms with Gasteiger partial charge in [0.2, 0.25) is 5.88 Å². The summed E-state index contributed by atoms with van der Waals surface area (Å²) in [5.74, 6) is 0.342. The third-order valence-corrected chi connectivity index (χ3v) is 6.07. The van der Waals surface area contributed by atoms with Crippen LogP contribution in [-0.2, 0) is 12.4 Å². The van der Waals surface area contributed by atoms with Crippen LogP contribution in [0.25, 0.3) is 0 Å². The van der Waals surface area contributed by atoms with Gasteiger partial charge in [-0.2, -0.15) is 26.3 Å². The Labute approximate surface area is 187 Å². The number of rotatable bonds is 6. The molecule has 2 aliphatic heterocycles. The van der Waals surface area contributed by atoms with Gasteiger partial charge in [0.05, 0.1) is 23.4 Å². The largest absolute Gasteiger partial charge is 0.491 e. The quantitative estimate of drug-likeness (QED) is 0.449. The molecule has 1 unspecified atom stereocenters. The van der Waals surface area contributed by atoms with E-state index in [0.717, 1.165) is 37.2 Å². The van der Waals surface area contributed by atoms with Crippen molar-refractivity contribution in [1.29, 1.82) is 0 Å². The molecule has 3 heterocycles. The van der Waals surface area contributed by atoms with Crippen molar-refractivity contribution in [3.8, 4) is 11.6 Å². The molecule has 2 aliphatic rings. The summed E-state index contributed by atoms with van der Waals surface area (Å²) in [5.41, 5.74) is -0.960. The van der Waals surface area contributed by atoms with Gasteiger partial charge >= 0.3 is 12.4 Å². The number of hydrogen-bond donors (Lipinski definition) is 0. The SMILES string of the molecule is CCCOc1cc(C(F)(F)F)ccc1N1[C@@H]2CC[C@H]1CC(Oc1ccc(C(F)(F)F)cn1)C2. The highest BCUT2D eigenvalue weighted by Gasteiger charge is 2.43. The first-order chi connectivity index (χ1) is 15.6. The van der Waals surface area contributed by atoms with E-state index in [1.165, 1.54) is 12.1 Å². The van der Waals surface area contributed by atoms with E-state index in [9.17, 15) is 26.3 Å². The first-order valence-electron chi connectivity index (χ1n) is 10.9. The molecule has 180 valence electrons. The molecule has 0 radical (unpaired) electrons. The van der Waals surface area contributed by atoms with Crippen molar-refractivity contribution >= 4 is 5.69 Å². The van der Waals surface area contributed by atoms with Gasteiger partial charge in [-0.25, -0.2) is 4.98 Å². The van der Waals surface area contributed by atoms with E-state index in [0.29, 0.717) is 31.6 Å². The third kappa shape index (κ3) is 5.14. The number of nitrogens with zero attached hydrogens (tertiary/aromatic N) is 2. The molecule has 0 spiro atoms. The van der Waals surface area contributed by atoms with Crippen LogP contribution in [0.2, 0.25) is 0 Å². The summed E-state index contributed by atoms with van der Waals surface area (Å²) >= 11 is 0. The summed E-state index contributed by atoms with van der Waals surface area (Å²) in [6, 6.07) is 5.81. The van der Waals surface area contributed by atoms with Gasteiger partial charge in [0, 0.05) is 37.2 Å². The molecule has 2 fully saturated rings. The highest BCUT2D eigenvalue weighted by Crippen LogP contribution is 2.45. The molecule has 2 saturated heterocycles. The van der Waals surface area contributed by atoms with Crippen LogP contribution in [0, 0.1) is 0 Å². The van der Waals surface area contributed by atoms with E-state index in [2.05, 4.69) is 9.88 Å². The van der Waals surface area contributed by atoms with E-state index >= 15 is 0 Å². The number of alkyl halides is 6. The standard InChI is InChI=1S/C23H24F6N2O2/c1-2-9-32-20-10-14(22(24,25)26)3-7-19(20)31-16-5-6-17(31)12-18(11-16)33-21-8-4-15(13-30-21)23(27,28)29/h3-4,7-8,10,13,16-18H,2,5-6,9,11-12H2,1H3/t16-,17+,18?. The number of anilines is 1. The predicted molar refractivity (Wildman–Crippen MR) is 109 cm³/mol. The lowest BCUT2D eigenvalue weighted by atomic mass is 9.98. The fourth-order valence-electron chi connectivity index (χ4n) is 4.64. The maximum atomic E-state index is 13.2. The van der Waals surface area contributed by atoms with Crippen LogP contribution in [0.4, 0.5) is 32.0 Å². The van der Waals surface area contributed by atoms with E-state index in [1.54, 1.807) is 0 Å².